The van der Waals surface area contributed by atoms with Crippen LogP contribution in [-0.2, 0) is 10.8 Å². The molecule has 19 heavy (non-hydrogen) atoms. The van der Waals surface area contributed by atoms with E-state index in [0.29, 0.717) is 16.1 Å². The molecule has 8 heteroatoms. The second-order valence-corrected chi connectivity index (χ2v) is 5.71. The van der Waals surface area contributed by atoms with Crippen LogP contribution in [0.2, 0.25) is 0 Å². The van der Waals surface area contributed by atoms with E-state index in [-0.39, 0.29) is 0 Å². The summed E-state index contributed by atoms with van der Waals surface area (Å²) in [5.74, 6) is 0.641. The number of rotatable bonds is 3. The summed E-state index contributed by atoms with van der Waals surface area (Å²) in [6.07, 6.45) is 3.05. The van der Waals surface area contributed by atoms with Crippen molar-refractivity contribution < 1.29 is 4.21 Å². The highest BCUT2D eigenvalue weighted by molar-refractivity contribution is 7.84. The molecule has 1 aromatic carbocycles. The zero-order valence-electron chi connectivity index (χ0n) is 9.92. The van der Waals surface area contributed by atoms with E-state index in [2.05, 4.69) is 19.6 Å². The molecule has 0 N–H and O–H groups in total. The molecule has 3 rings (SSSR count). The fourth-order valence-corrected chi connectivity index (χ4v) is 2.86. The maximum Gasteiger partial charge on any atom is 0.227 e. The molecule has 0 aliphatic rings. The number of benzene rings is 1. The number of aromatic nitrogens is 5. The van der Waals surface area contributed by atoms with E-state index in [0.717, 1.165) is 5.56 Å². The Morgan fingerprint density at radius 2 is 2.05 bits per heavy atom. The molecule has 0 bridgehead atoms. The Hall–Kier alpha value is -1.93. The topological polar surface area (TPSA) is 73.6 Å². The third-order valence-corrected chi connectivity index (χ3v) is 3.94. The molecule has 0 aliphatic heterocycles. The average molecular weight is 291 g/mol. The summed E-state index contributed by atoms with van der Waals surface area (Å²) in [7, 11) is -1.22. The smallest absolute Gasteiger partial charge is 0.227 e. The SMILES string of the molecule is CS(=O)c1nncn1-c1nc(-c2ccccc2)ns1. The van der Waals surface area contributed by atoms with Crippen molar-refractivity contribution in [1.82, 2.24) is 24.1 Å². The van der Waals surface area contributed by atoms with E-state index in [1.807, 2.05) is 30.3 Å². The number of nitrogens with zero attached hydrogens (tertiary/aromatic N) is 5. The second kappa shape index (κ2) is 4.98. The van der Waals surface area contributed by atoms with Gasteiger partial charge in [0.05, 0.1) is 10.8 Å². The third-order valence-electron chi connectivity index (χ3n) is 2.43. The van der Waals surface area contributed by atoms with Crippen molar-refractivity contribution in [3.8, 4) is 16.5 Å². The summed E-state index contributed by atoms with van der Waals surface area (Å²) in [5.41, 5.74) is 0.942. The molecule has 3 aromatic rings. The Bertz CT molecular complexity index is 722. The molecule has 0 saturated carbocycles. The van der Waals surface area contributed by atoms with Gasteiger partial charge in [-0.3, -0.25) is 4.21 Å². The second-order valence-electron chi connectivity index (χ2n) is 3.70. The van der Waals surface area contributed by atoms with Crippen LogP contribution in [-0.4, -0.2) is 34.6 Å². The highest BCUT2D eigenvalue weighted by Crippen LogP contribution is 2.21. The van der Waals surface area contributed by atoms with Crippen LogP contribution in [0.1, 0.15) is 0 Å². The Morgan fingerprint density at radius 3 is 2.79 bits per heavy atom. The summed E-state index contributed by atoms with van der Waals surface area (Å²) in [6.45, 7) is 0. The molecule has 1 atom stereocenters. The molecule has 2 aromatic heterocycles. The van der Waals surface area contributed by atoms with Crippen LogP contribution in [0.4, 0.5) is 0 Å². The van der Waals surface area contributed by atoms with Crippen molar-refractivity contribution in [2.24, 2.45) is 0 Å². The van der Waals surface area contributed by atoms with Gasteiger partial charge in [-0.2, -0.15) is 9.36 Å². The van der Waals surface area contributed by atoms with E-state index >= 15 is 0 Å². The number of hydrogen-bond donors (Lipinski definition) is 0. The van der Waals surface area contributed by atoms with Gasteiger partial charge in [-0.25, -0.2) is 4.57 Å². The average Bonchev–Trinajstić information content (AvgIpc) is 3.08. The van der Waals surface area contributed by atoms with Crippen LogP contribution in [0.25, 0.3) is 16.5 Å². The summed E-state index contributed by atoms with van der Waals surface area (Å²) in [6, 6.07) is 9.69. The molecule has 6 nitrogen and oxygen atoms in total. The van der Waals surface area contributed by atoms with Crippen LogP contribution in [0.15, 0.2) is 41.8 Å². The molecule has 1 unspecified atom stereocenters. The van der Waals surface area contributed by atoms with Gasteiger partial charge in [0.25, 0.3) is 0 Å². The minimum absolute atomic E-state index is 0.371. The Balaban J connectivity index is 2.02. The van der Waals surface area contributed by atoms with Crippen LogP contribution in [0.3, 0.4) is 0 Å². The fourth-order valence-electron chi connectivity index (χ4n) is 1.57. The molecule has 0 saturated heterocycles. The predicted molar refractivity (Wildman–Crippen MR) is 72.6 cm³/mol. The van der Waals surface area contributed by atoms with Crippen LogP contribution in [0.5, 0.6) is 0 Å². The van der Waals surface area contributed by atoms with E-state index in [1.165, 1.54) is 17.9 Å². The molecular formula is C11H9N5OS2. The minimum atomic E-state index is -1.22. The van der Waals surface area contributed by atoms with Gasteiger partial charge >= 0.3 is 0 Å². The normalized spacial score (nSPS) is 12.5. The minimum Gasteiger partial charge on any atom is -0.251 e. The van der Waals surface area contributed by atoms with Crippen LogP contribution < -0.4 is 0 Å². The van der Waals surface area contributed by atoms with E-state index in [9.17, 15) is 4.21 Å². The van der Waals surface area contributed by atoms with E-state index in [1.54, 1.807) is 10.8 Å². The summed E-state index contributed by atoms with van der Waals surface area (Å²) in [4.78, 5) is 4.42. The monoisotopic (exact) mass is 291 g/mol. The highest BCUT2D eigenvalue weighted by atomic mass is 32.2. The van der Waals surface area contributed by atoms with E-state index in [4.69, 9.17) is 0 Å². The first kappa shape index (κ1) is 12.1. The van der Waals surface area contributed by atoms with Gasteiger partial charge in [0.1, 0.15) is 6.33 Å². The first-order valence-corrected chi connectivity index (χ1v) is 7.72. The first-order chi connectivity index (χ1) is 9.25. The fraction of sp³-hybridized carbons (Fsp3) is 0.0909. The number of hydrogen-bond acceptors (Lipinski definition) is 6. The molecule has 96 valence electrons. The third kappa shape index (κ3) is 2.32. The van der Waals surface area contributed by atoms with Gasteiger partial charge in [0.2, 0.25) is 10.3 Å². The highest BCUT2D eigenvalue weighted by Gasteiger charge is 2.14. The van der Waals surface area contributed by atoms with Gasteiger partial charge in [-0.1, -0.05) is 30.3 Å². The lowest BCUT2D eigenvalue weighted by Gasteiger charge is -1.97. The first-order valence-electron chi connectivity index (χ1n) is 5.38. The van der Waals surface area contributed by atoms with E-state index < -0.39 is 10.8 Å². The largest absolute Gasteiger partial charge is 0.251 e. The molecule has 0 spiro atoms. The van der Waals surface area contributed by atoms with Crippen molar-refractivity contribution in [3.63, 3.8) is 0 Å². The lowest BCUT2D eigenvalue weighted by atomic mass is 10.2. The molecule has 2 heterocycles. The molecule has 0 radical (unpaired) electrons. The molecule has 0 aliphatic carbocycles. The zero-order chi connectivity index (χ0) is 13.2. The van der Waals surface area contributed by atoms with Crippen LogP contribution >= 0.6 is 11.5 Å². The quantitative estimate of drug-likeness (QED) is 0.731. The zero-order valence-corrected chi connectivity index (χ0v) is 11.6. The van der Waals surface area contributed by atoms with Crippen molar-refractivity contribution in [2.45, 2.75) is 5.16 Å². The predicted octanol–water partition coefficient (Wildman–Crippen LogP) is 1.52. The lowest BCUT2D eigenvalue weighted by molar-refractivity contribution is 0.675. The standard InChI is InChI=1S/C11H9N5OS2/c1-19(17)11-14-12-7-16(11)10-13-9(15-18-10)8-5-3-2-4-6-8/h2-7H,1H3. The van der Waals surface area contributed by atoms with Crippen LogP contribution in [0, 0.1) is 0 Å². The van der Waals surface area contributed by atoms with Crippen molar-refractivity contribution >= 4 is 22.3 Å². The van der Waals surface area contributed by atoms with Crippen molar-refractivity contribution in [1.29, 1.82) is 0 Å². The Morgan fingerprint density at radius 1 is 1.26 bits per heavy atom. The molecule has 0 amide bonds. The van der Waals surface area contributed by atoms with Gasteiger partial charge < -0.3 is 0 Å². The summed E-state index contributed by atoms with van der Waals surface area (Å²) >= 11 is 1.22. The Labute approximate surface area is 115 Å². The lowest BCUT2D eigenvalue weighted by Crippen LogP contribution is -2.01. The van der Waals surface area contributed by atoms with Gasteiger partial charge in [-0.15, -0.1) is 10.2 Å². The van der Waals surface area contributed by atoms with Crippen molar-refractivity contribution in [3.05, 3.63) is 36.7 Å². The molecule has 0 fully saturated rings. The maximum absolute atomic E-state index is 11.5. The Kier molecular flexibility index (Phi) is 3.18. The molecular weight excluding hydrogens is 282 g/mol. The summed E-state index contributed by atoms with van der Waals surface area (Å²) < 4.78 is 17.4. The van der Waals surface area contributed by atoms with Crippen molar-refractivity contribution in [2.75, 3.05) is 6.26 Å². The summed E-state index contributed by atoms with van der Waals surface area (Å²) in [5, 5.41) is 8.56. The van der Waals surface area contributed by atoms with Gasteiger partial charge in [-0.05, 0) is 0 Å². The van der Waals surface area contributed by atoms with Gasteiger partial charge in [0.15, 0.2) is 5.82 Å². The maximum atomic E-state index is 11.5. The van der Waals surface area contributed by atoms with Gasteiger partial charge in [0, 0.05) is 23.4 Å².